The molecule has 0 atom stereocenters. The van der Waals surface area contributed by atoms with Gasteiger partial charge in [-0.1, -0.05) is 29.8 Å². The topological polar surface area (TPSA) is 81.5 Å². The highest BCUT2D eigenvalue weighted by molar-refractivity contribution is 6.03. The van der Waals surface area contributed by atoms with Crippen LogP contribution in [0.5, 0.6) is 5.75 Å². The number of benzene rings is 2. The molecule has 0 radical (unpaired) electrons. The minimum Gasteiger partial charge on any atom is -0.496 e. The lowest BCUT2D eigenvalue weighted by atomic mass is 10.1. The number of hydrogen-bond donors (Lipinski definition) is 1. The number of methoxy groups -OCH3 is 1. The fourth-order valence-electron chi connectivity index (χ4n) is 1.92. The Bertz CT molecular complexity index is 752. The van der Waals surface area contributed by atoms with E-state index in [9.17, 15) is 14.9 Å². The fourth-order valence-corrected chi connectivity index (χ4v) is 1.92. The largest absolute Gasteiger partial charge is 0.496 e. The summed E-state index contributed by atoms with van der Waals surface area (Å²) >= 11 is 0. The average molecular weight is 312 g/mol. The molecule has 23 heavy (non-hydrogen) atoms. The summed E-state index contributed by atoms with van der Waals surface area (Å²) in [6.07, 6.45) is 2.97. The van der Waals surface area contributed by atoms with Crippen LogP contribution in [0.15, 0.2) is 48.5 Å². The molecule has 118 valence electrons. The van der Waals surface area contributed by atoms with E-state index in [1.54, 1.807) is 12.1 Å². The zero-order valence-corrected chi connectivity index (χ0v) is 12.8. The van der Waals surface area contributed by atoms with Crippen LogP contribution >= 0.6 is 0 Å². The number of carbonyl (C=O) groups is 1. The summed E-state index contributed by atoms with van der Waals surface area (Å²) in [5.74, 6) is -0.0938. The SMILES string of the molecule is COc1ccc(NC(=O)/C=C/c2ccc(C)cc2)c([N+](=O)[O-])c1. The lowest BCUT2D eigenvalue weighted by Crippen LogP contribution is -2.09. The molecule has 1 amide bonds. The van der Waals surface area contributed by atoms with Gasteiger partial charge in [-0.2, -0.15) is 0 Å². The van der Waals surface area contributed by atoms with E-state index < -0.39 is 10.8 Å². The zero-order valence-electron chi connectivity index (χ0n) is 12.8. The molecule has 0 spiro atoms. The Balaban J connectivity index is 2.13. The molecule has 6 nitrogen and oxygen atoms in total. The monoisotopic (exact) mass is 312 g/mol. The van der Waals surface area contributed by atoms with Gasteiger partial charge in [0.2, 0.25) is 5.91 Å². The molecule has 6 heteroatoms. The number of nitrogens with one attached hydrogen (secondary N) is 1. The van der Waals surface area contributed by atoms with Gasteiger partial charge in [-0.25, -0.2) is 0 Å². The first-order chi connectivity index (χ1) is 11.0. The molecular weight excluding hydrogens is 296 g/mol. The summed E-state index contributed by atoms with van der Waals surface area (Å²) in [5, 5.41) is 13.6. The van der Waals surface area contributed by atoms with Crippen molar-refractivity contribution >= 4 is 23.4 Å². The smallest absolute Gasteiger partial charge is 0.296 e. The summed E-state index contributed by atoms with van der Waals surface area (Å²) in [6, 6.07) is 11.9. The molecule has 0 saturated heterocycles. The van der Waals surface area contributed by atoms with E-state index in [-0.39, 0.29) is 11.4 Å². The number of hydrogen-bond acceptors (Lipinski definition) is 4. The maximum atomic E-state index is 11.9. The van der Waals surface area contributed by atoms with Crippen molar-refractivity contribution in [1.82, 2.24) is 0 Å². The molecule has 0 unspecified atom stereocenters. The molecular formula is C17H16N2O4. The minimum atomic E-state index is -0.568. The summed E-state index contributed by atoms with van der Waals surface area (Å²) in [6.45, 7) is 1.98. The molecule has 0 heterocycles. The predicted octanol–water partition coefficient (Wildman–Crippen LogP) is 3.56. The third-order valence-electron chi connectivity index (χ3n) is 3.16. The Kier molecular flexibility index (Phi) is 5.09. The molecule has 0 saturated carbocycles. The number of carbonyl (C=O) groups excluding carboxylic acids is 1. The maximum Gasteiger partial charge on any atom is 0.296 e. The number of rotatable bonds is 5. The van der Waals surface area contributed by atoms with E-state index in [1.807, 2.05) is 31.2 Å². The minimum absolute atomic E-state index is 0.120. The van der Waals surface area contributed by atoms with Crippen LogP contribution in [0.4, 0.5) is 11.4 Å². The van der Waals surface area contributed by atoms with Crippen LogP contribution in [-0.4, -0.2) is 17.9 Å². The normalized spacial score (nSPS) is 10.5. The number of ether oxygens (including phenoxy) is 1. The van der Waals surface area contributed by atoms with Crippen molar-refractivity contribution in [3.63, 3.8) is 0 Å². The van der Waals surface area contributed by atoms with Gasteiger partial charge in [-0.05, 0) is 30.7 Å². The molecule has 0 aliphatic heterocycles. The van der Waals surface area contributed by atoms with Gasteiger partial charge in [0, 0.05) is 6.08 Å². The van der Waals surface area contributed by atoms with Crippen LogP contribution in [0, 0.1) is 17.0 Å². The Morgan fingerprint density at radius 3 is 2.52 bits per heavy atom. The van der Waals surface area contributed by atoms with Gasteiger partial charge < -0.3 is 10.1 Å². The van der Waals surface area contributed by atoms with Crippen LogP contribution in [-0.2, 0) is 4.79 Å². The summed E-state index contributed by atoms with van der Waals surface area (Å²) < 4.78 is 4.95. The molecule has 2 aromatic rings. The van der Waals surface area contributed by atoms with Gasteiger partial charge in [-0.15, -0.1) is 0 Å². The second-order valence-corrected chi connectivity index (χ2v) is 4.87. The van der Waals surface area contributed by atoms with Gasteiger partial charge in [-0.3, -0.25) is 14.9 Å². The van der Waals surface area contributed by atoms with Gasteiger partial charge in [0.1, 0.15) is 11.4 Å². The Morgan fingerprint density at radius 2 is 1.91 bits per heavy atom. The van der Waals surface area contributed by atoms with E-state index in [0.29, 0.717) is 5.75 Å². The van der Waals surface area contributed by atoms with Crippen molar-refractivity contribution in [2.75, 3.05) is 12.4 Å². The third-order valence-corrected chi connectivity index (χ3v) is 3.16. The first-order valence-electron chi connectivity index (χ1n) is 6.88. The van der Waals surface area contributed by atoms with Gasteiger partial charge in [0.15, 0.2) is 0 Å². The van der Waals surface area contributed by atoms with Crippen LogP contribution in [0.3, 0.4) is 0 Å². The molecule has 0 aromatic heterocycles. The predicted molar refractivity (Wildman–Crippen MR) is 88.5 cm³/mol. The molecule has 1 N–H and O–H groups in total. The van der Waals surface area contributed by atoms with E-state index in [4.69, 9.17) is 4.74 Å². The van der Waals surface area contributed by atoms with E-state index in [0.717, 1.165) is 11.1 Å². The van der Waals surface area contributed by atoms with Crippen molar-refractivity contribution in [2.45, 2.75) is 6.92 Å². The molecule has 0 bridgehead atoms. The van der Waals surface area contributed by atoms with Crippen LogP contribution in [0.1, 0.15) is 11.1 Å². The van der Waals surface area contributed by atoms with Crippen LogP contribution in [0.25, 0.3) is 6.08 Å². The molecule has 2 aromatic carbocycles. The number of nitrogens with zero attached hydrogens (tertiary/aromatic N) is 1. The summed E-state index contributed by atoms with van der Waals surface area (Å²) in [5.41, 5.74) is 1.89. The Hall–Kier alpha value is -3.15. The molecule has 0 fully saturated rings. The van der Waals surface area contributed by atoms with E-state index in [1.165, 1.54) is 25.3 Å². The maximum absolute atomic E-state index is 11.9. The standard InChI is InChI=1S/C17H16N2O4/c1-12-3-5-13(6-4-12)7-10-17(20)18-15-9-8-14(23-2)11-16(15)19(21)22/h3-11H,1-2H3,(H,18,20)/b10-7+. The van der Waals surface area contributed by atoms with Crippen molar-refractivity contribution in [1.29, 1.82) is 0 Å². The molecule has 0 aliphatic rings. The number of nitro groups is 1. The Labute approximate surface area is 133 Å². The van der Waals surface area contributed by atoms with Gasteiger partial charge >= 0.3 is 0 Å². The Morgan fingerprint density at radius 1 is 1.22 bits per heavy atom. The lowest BCUT2D eigenvalue weighted by molar-refractivity contribution is -0.384. The first-order valence-corrected chi connectivity index (χ1v) is 6.88. The van der Waals surface area contributed by atoms with Crippen molar-refractivity contribution < 1.29 is 14.5 Å². The molecule has 0 aliphatic carbocycles. The van der Waals surface area contributed by atoms with Crippen molar-refractivity contribution in [2.24, 2.45) is 0 Å². The number of amides is 1. The van der Waals surface area contributed by atoms with Gasteiger partial charge in [0.05, 0.1) is 18.1 Å². The number of anilines is 1. The highest BCUT2D eigenvalue weighted by Gasteiger charge is 2.16. The van der Waals surface area contributed by atoms with E-state index in [2.05, 4.69) is 5.32 Å². The first kappa shape index (κ1) is 16.2. The van der Waals surface area contributed by atoms with Gasteiger partial charge in [0.25, 0.3) is 5.69 Å². The second-order valence-electron chi connectivity index (χ2n) is 4.87. The highest BCUT2D eigenvalue weighted by Crippen LogP contribution is 2.28. The highest BCUT2D eigenvalue weighted by atomic mass is 16.6. The second kappa shape index (κ2) is 7.22. The average Bonchev–Trinajstić information content (AvgIpc) is 2.54. The fraction of sp³-hybridized carbons (Fsp3) is 0.118. The van der Waals surface area contributed by atoms with E-state index >= 15 is 0 Å². The quantitative estimate of drug-likeness (QED) is 0.520. The number of nitro benzene ring substituents is 1. The molecule has 2 rings (SSSR count). The number of aryl methyl sites for hydroxylation is 1. The van der Waals surface area contributed by atoms with Crippen LogP contribution < -0.4 is 10.1 Å². The summed E-state index contributed by atoms with van der Waals surface area (Å²) in [4.78, 5) is 22.4. The van der Waals surface area contributed by atoms with Crippen molar-refractivity contribution in [3.8, 4) is 5.75 Å². The zero-order chi connectivity index (χ0) is 16.8. The third kappa shape index (κ3) is 4.41. The lowest BCUT2D eigenvalue weighted by Gasteiger charge is -2.05. The van der Waals surface area contributed by atoms with Crippen LogP contribution in [0.2, 0.25) is 0 Å². The summed E-state index contributed by atoms with van der Waals surface area (Å²) in [7, 11) is 1.42. The van der Waals surface area contributed by atoms with Crippen molar-refractivity contribution in [3.05, 3.63) is 69.8 Å².